The molecule has 3 N–H and O–H groups in total. The lowest BCUT2D eigenvalue weighted by Crippen LogP contribution is -2.40. The lowest BCUT2D eigenvalue weighted by Gasteiger charge is -2.30. The summed E-state index contributed by atoms with van der Waals surface area (Å²) in [5, 5.41) is 2.95. The van der Waals surface area contributed by atoms with Crippen molar-refractivity contribution >= 4 is 40.8 Å². The van der Waals surface area contributed by atoms with Gasteiger partial charge >= 0.3 is 0 Å². The Morgan fingerprint density at radius 3 is 2.59 bits per heavy atom. The van der Waals surface area contributed by atoms with Crippen molar-refractivity contribution in [2.45, 2.75) is 19.8 Å². The van der Waals surface area contributed by atoms with E-state index >= 15 is 0 Å². The molecule has 2 amide bonds. The summed E-state index contributed by atoms with van der Waals surface area (Å²) < 4.78 is 0.565. The second kappa shape index (κ2) is 5.92. The molecule has 116 valence electrons. The van der Waals surface area contributed by atoms with Crippen LogP contribution in [0.2, 0.25) is 0 Å². The maximum atomic E-state index is 12.3. The molecule has 6 nitrogen and oxygen atoms in total. The van der Waals surface area contributed by atoms with Gasteiger partial charge in [-0.2, -0.15) is 0 Å². The lowest BCUT2D eigenvalue weighted by molar-refractivity contribution is -0.132. The standard InChI is InChI=1S/C15H18N4O2S/c1-9(20)19-6-4-10(5-7-19)14(21)16-11-2-3-12-13(8-11)18-15(22)17-12/h2-3,8,10H,4-7H2,1H3,(H,16,21)(H2,17,18,22). The van der Waals surface area contributed by atoms with E-state index in [0.29, 0.717) is 30.7 Å². The highest BCUT2D eigenvalue weighted by atomic mass is 32.1. The molecule has 7 heteroatoms. The van der Waals surface area contributed by atoms with Crippen LogP contribution in [-0.2, 0) is 9.59 Å². The van der Waals surface area contributed by atoms with Crippen molar-refractivity contribution in [2.75, 3.05) is 18.4 Å². The lowest BCUT2D eigenvalue weighted by atomic mass is 9.96. The van der Waals surface area contributed by atoms with Crippen molar-refractivity contribution in [3.63, 3.8) is 0 Å². The largest absolute Gasteiger partial charge is 0.343 e. The van der Waals surface area contributed by atoms with Gasteiger partial charge in [0.25, 0.3) is 0 Å². The number of anilines is 1. The van der Waals surface area contributed by atoms with Crippen LogP contribution in [0.25, 0.3) is 11.0 Å². The van der Waals surface area contributed by atoms with E-state index in [9.17, 15) is 9.59 Å². The number of benzene rings is 1. The van der Waals surface area contributed by atoms with Crippen LogP contribution in [0, 0.1) is 10.7 Å². The smallest absolute Gasteiger partial charge is 0.227 e. The van der Waals surface area contributed by atoms with Gasteiger partial charge in [0, 0.05) is 31.6 Å². The van der Waals surface area contributed by atoms with E-state index < -0.39 is 0 Å². The van der Waals surface area contributed by atoms with Crippen molar-refractivity contribution in [3.8, 4) is 0 Å². The average Bonchev–Trinajstić information content (AvgIpc) is 2.86. The SMILES string of the molecule is CC(=O)N1CCC(C(=O)Nc2ccc3[nH]c(=S)[nH]c3c2)CC1. The maximum Gasteiger partial charge on any atom is 0.227 e. The Morgan fingerprint density at radius 1 is 1.23 bits per heavy atom. The summed E-state index contributed by atoms with van der Waals surface area (Å²) in [5.41, 5.74) is 2.53. The van der Waals surface area contributed by atoms with Gasteiger partial charge in [0.05, 0.1) is 11.0 Å². The van der Waals surface area contributed by atoms with Crippen LogP contribution >= 0.6 is 12.2 Å². The zero-order valence-electron chi connectivity index (χ0n) is 12.3. The molecule has 1 aromatic carbocycles. The number of fused-ring (bicyclic) bond motifs is 1. The summed E-state index contributed by atoms with van der Waals surface area (Å²) in [7, 11) is 0. The van der Waals surface area contributed by atoms with Crippen LogP contribution in [0.3, 0.4) is 0 Å². The molecule has 2 heterocycles. The highest BCUT2D eigenvalue weighted by molar-refractivity contribution is 7.71. The van der Waals surface area contributed by atoms with Crippen molar-refractivity contribution in [1.29, 1.82) is 0 Å². The van der Waals surface area contributed by atoms with Gasteiger partial charge in [-0.05, 0) is 43.3 Å². The Balaban J connectivity index is 1.65. The second-order valence-electron chi connectivity index (χ2n) is 5.61. The highest BCUT2D eigenvalue weighted by Crippen LogP contribution is 2.21. The number of aromatic nitrogens is 2. The van der Waals surface area contributed by atoms with Crippen LogP contribution in [0.4, 0.5) is 5.69 Å². The number of hydrogen-bond donors (Lipinski definition) is 3. The molecule has 0 radical (unpaired) electrons. The minimum absolute atomic E-state index is 0.0108. The fourth-order valence-electron chi connectivity index (χ4n) is 2.81. The van der Waals surface area contributed by atoms with Gasteiger partial charge in [0.15, 0.2) is 4.77 Å². The number of carbonyl (C=O) groups is 2. The molecule has 1 aromatic heterocycles. The van der Waals surface area contributed by atoms with E-state index in [4.69, 9.17) is 12.2 Å². The molecule has 1 fully saturated rings. The van der Waals surface area contributed by atoms with Crippen molar-refractivity contribution < 1.29 is 9.59 Å². The topological polar surface area (TPSA) is 81.0 Å². The minimum atomic E-state index is -0.0454. The Labute approximate surface area is 132 Å². The molecule has 0 unspecified atom stereocenters. The summed E-state index contributed by atoms with van der Waals surface area (Å²) in [6.45, 7) is 2.87. The first kappa shape index (κ1) is 14.8. The third kappa shape index (κ3) is 3.04. The molecule has 1 saturated heterocycles. The Bertz CT molecular complexity index is 771. The van der Waals surface area contributed by atoms with E-state index in [1.165, 1.54) is 0 Å². The van der Waals surface area contributed by atoms with Gasteiger partial charge in [-0.15, -0.1) is 0 Å². The number of amides is 2. The summed E-state index contributed by atoms with van der Waals surface area (Å²) in [5.74, 6) is 0.0414. The molecule has 2 aromatic rings. The number of rotatable bonds is 2. The molecular formula is C15H18N4O2S. The number of likely N-dealkylation sites (tertiary alicyclic amines) is 1. The normalized spacial score (nSPS) is 16.0. The Kier molecular flexibility index (Phi) is 3.98. The number of nitrogens with zero attached hydrogens (tertiary/aromatic N) is 1. The van der Waals surface area contributed by atoms with E-state index in [-0.39, 0.29) is 17.7 Å². The fourth-order valence-corrected chi connectivity index (χ4v) is 3.03. The fraction of sp³-hybridized carbons (Fsp3) is 0.400. The number of carbonyl (C=O) groups excluding carboxylic acids is 2. The maximum absolute atomic E-state index is 12.3. The molecule has 0 spiro atoms. The van der Waals surface area contributed by atoms with Gasteiger partial charge in [-0.1, -0.05) is 0 Å². The average molecular weight is 318 g/mol. The molecule has 0 bridgehead atoms. The quantitative estimate of drug-likeness (QED) is 0.744. The zero-order chi connectivity index (χ0) is 15.7. The number of hydrogen-bond acceptors (Lipinski definition) is 3. The molecular weight excluding hydrogens is 300 g/mol. The van der Waals surface area contributed by atoms with Gasteiger partial charge in [-0.25, -0.2) is 0 Å². The van der Waals surface area contributed by atoms with Crippen LogP contribution in [0.1, 0.15) is 19.8 Å². The van der Waals surface area contributed by atoms with Crippen molar-refractivity contribution in [1.82, 2.24) is 14.9 Å². The third-order valence-corrected chi connectivity index (χ3v) is 4.30. The number of aromatic amines is 2. The molecule has 0 saturated carbocycles. The van der Waals surface area contributed by atoms with Crippen LogP contribution < -0.4 is 5.32 Å². The van der Waals surface area contributed by atoms with E-state index in [0.717, 1.165) is 16.7 Å². The van der Waals surface area contributed by atoms with Gasteiger partial charge in [-0.3, -0.25) is 9.59 Å². The Morgan fingerprint density at radius 2 is 1.91 bits per heavy atom. The number of nitrogens with one attached hydrogen (secondary N) is 3. The van der Waals surface area contributed by atoms with Gasteiger partial charge < -0.3 is 20.2 Å². The van der Waals surface area contributed by atoms with Gasteiger partial charge in [0.1, 0.15) is 0 Å². The summed E-state index contributed by atoms with van der Waals surface area (Å²) in [6.07, 6.45) is 1.42. The predicted molar refractivity (Wildman–Crippen MR) is 87.1 cm³/mol. The van der Waals surface area contributed by atoms with Crippen LogP contribution in [0.15, 0.2) is 18.2 Å². The number of piperidine rings is 1. The number of imidazole rings is 1. The second-order valence-corrected chi connectivity index (χ2v) is 6.02. The van der Waals surface area contributed by atoms with Crippen molar-refractivity contribution in [2.24, 2.45) is 5.92 Å². The monoisotopic (exact) mass is 318 g/mol. The first-order valence-electron chi connectivity index (χ1n) is 7.31. The summed E-state index contributed by atoms with van der Waals surface area (Å²) in [4.78, 5) is 31.5. The molecule has 22 heavy (non-hydrogen) atoms. The first-order chi connectivity index (χ1) is 10.5. The van der Waals surface area contributed by atoms with Gasteiger partial charge in [0.2, 0.25) is 11.8 Å². The first-order valence-corrected chi connectivity index (χ1v) is 7.72. The van der Waals surface area contributed by atoms with E-state index in [1.807, 2.05) is 18.2 Å². The molecule has 0 atom stereocenters. The van der Waals surface area contributed by atoms with E-state index in [1.54, 1.807) is 11.8 Å². The molecule has 0 aliphatic carbocycles. The van der Waals surface area contributed by atoms with Crippen LogP contribution in [0.5, 0.6) is 0 Å². The minimum Gasteiger partial charge on any atom is -0.343 e. The molecule has 3 rings (SSSR count). The molecule has 1 aliphatic rings. The summed E-state index contributed by atoms with van der Waals surface area (Å²) in [6, 6.07) is 5.60. The van der Waals surface area contributed by atoms with Crippen molar-refractivity contribution in [3.05, 3.63) is 23.0 Å². The van der Waals surface area contributed by atoms with Crippen LogP contribution in [-0.4, -0.2) is 39.8 Å². The summed E-state index contributed by atoms with van der Waals surface area (Å²) >= 11 is 5.05. The molecule has 1 aliphatic heterocycles. The number of H-pyrrole nitrogens is 2. The van der Waals surface area contributed by atoms with E-state index in [2.05, 4.69) is 15.3 Å². The Hall–Kier alpha value is -2.15. The highest BCUT2D eigenvalue weighted by Gasteiger charge is 2.26. The third-order valence-electron chi connectivity index (χ3n) is 4.09. The predicted octanol–water partition coefficient (Wildman–Crippen LogP) is 2.42. The zero-order valence-corrected chi connectivity index (χ0v) is 13.1.